The van der Waals surface area contributed by atoms with E-state index in [9.17, 15) is 20.0 Å². The van der Waals surface area contributed by atoms with Crippen LogP contribution in [-0.4, -0.2) is 23.0 Å². The molecule has 0 heterocycles. The number of amides is 1. The first kappa shape index (κ1) is 16.3. The fourth-order valence-corrected chi connectivity index (χ4v) is 2.11. The van der Waals surface area contributed by atoms with E-state index in [2.05, 4.69) is 5.32 Å². The molecule has 0 aliphatic carbocycles. The lowest BCUT2D eigenvalue weighted by atomic mass is 10.1. The van der Waals surface area contributed by atoms with Crippen LogP contribution in [-0.2, 0) is 6.54 Å². The lowest BCUT2D eigenvalue weighted by Crippen LogP contribution is -2.23. The second-order valence-electron chi connectivity index (χ2n) is 4.93. The quantitative estimate of drug-likeness (QED) is 0.652. The standard InChI is InChI=1S/C16H16N2O5/c1-10-7-12(18(21)22)4-6-14(10)16(20)17-9-11-3-5-13(23-2)8-15(11)19/h3-8,19H,9H2,1-2H3,(H,17,20). The molecule has 0 saturated heterocycles. The molecule has 7 heteroatoms. The molecule has 0 fully saturated rings. The molecule has 0 saturated carbocycles. The number of phenols is 1. The van der Waals surface area contributed by atoms with E-state index in [1.807, 2.05) is 0 Å². The van der Waals surface area contributed by atoms with E-state index in [1.54, 1.807) is 19.1 Å². The van der Waals surface area contributed by atoms with Crippen molar-refractivity contribution in [1.29, 1.82) is 0 Å². The Labute approximate surface area is 132 Å². The second kappa shape index (κ2) is 6.78. The highest BCUT2D eigenvalue weighted by molar-refractivity contribution is 5.95. The minimum absolute atomic E-state index is 0.0186. The topological polar surface area (TPSA) is 102 Å². The number of phenolic OH excluding ortho intramolecular Hbond substituents is 1. The fraction of sp³-hybridized carbons (Fsp3) is 0.188. The lowest BCUT2D eigenvalue weighted by molar-refractivity contribution is -0.384. The fourth-order valence-electron chi connectivity index (χ4n) is 2.11. The van der Waals surface area contributed by atoms with Gasteiger partial charge in [0.15, 0.2) is 0 Å². The number of non-ortho nitro benzene ring substituents is 1. The Bertz CT molecular complexity index is 758. The van der Waals surface area contributed by atoms with Gasteiger partial charge in [0.25, 0.3) is 11.6 Å². The van der Waals surface area contributed by atoms with E-state index in [0.29, 0.717) is 22.4 Å². The van der Waals surface area contributed by atoms with E-state index >= 15 is 0 Å². The summed E-state index contributed by atoms with van der Waals surface area (Å²) in [4.78, 5) is 22.4. The van der Waals surface area contributed by atoms with Gasteiger partial charge in [-0.15, -0.1) is 0 Å². The third-order valence-electron chi connectivity index (χ3n) is 3.40. The zero-order valence-corrected chi connectivity index (χ0v) is 12.7. The number of methoxy groups -OCH3 is 1. The molecule has 0 atom stereocenters. The Morgan fingerprint density at radius 3 is 2.61 bits per heavy atom. The maximum absolute atomic E-state index is 12.2. The Hall–Kier alpha value is -3.09. The number of ether oxygens (including phenoxy) is 1. The summed E-state index contributed by atoms with van der Waals surface area (Å²) in [6.45, 7) is 1.76. The molecule has 0 aliphatic heterocycles. The van der Waals surface area contributed by atoms with Gasteiger partial charge >= 0.3 is 0 Å². The SMILES string of the molecule is COc1ccc(CNC(=O)c2ccc([N+](=O)[O-])cc2C)c(O)c1. The van der Waals surface area contributed by atoms with Crippen LogP contribution in [0.15, 0.2) is 36.4 Å². The third-order valence-corrected chi connectivity index (χ3v) is 3.40. The van der Waals surface area contributed by atoms with Crippen molar-refractivity contribution in [3.05, 3.63) is 63.2 Å². The summed E-state index contributed by atoms with van der Waals surface area (Å²) in [5, 5.41) is 23.2. The number of aryl methyl sites for hydroxylation is 1. The Kier molecular flexibility index (Phi) is 4.80. The number of nitrogens with zero attached hydrogens (tertiary/aromatic N) is 1. The summed E-state index contributed by atoms with van der Waals surface area (Å²) in [7, 11) is 1.49. The van der Waals surface area contributed by atoms with Crippen LogP contribution >= 0.6 is 0 Å². The van der Waals surface area contributed by atoms with Crippen molar-refractivity contribution in [3.63, 3.8) is 0 Å². The number of aromatic hydroxyl groups is 1. The Balaban J connectivity index is 2.09. The molecule has 2 rings (SSSR count). The van der Waals surface area contributed by atoms with E-state index in [1.165, 1.54) is 31.4 Å². The van der Waals surface area contributed by atoms with Gasteiger partial charge in [0, 0.05) is 35.9 Å². The minimum Gasteiger partial charge on any atom is -0.507 e. The van der Waals surface area contributed by atoms with Crippen molar-refractivity contribution >= 4 is 11.6 Å². The van der Waals surface area contributed by atoms with Crippen LogP contribution in [0.4, 0.5) is 5.69 Å². The number of nitro benzene ring substituents is 1. The number of carbonyl (C=O) groups excluding carboxylic acids is 1. The highest BCUT2D eigenvalue weighted by atomic mass is 16.6. The van der Waals surface area contributed by atoms with Crippen molar-refractivity contribution in [3.8, 4) is 11.5 Å². The number of nitrogens with one attached hydrogen (secondary N) is 1. The van der Waals surface area contributed by atoms with Gasteiger partial charge in [0.05, 0.1) is 12.0 Å². The summed E-state index contributed by atoms with van der Waals surface area (Å²) in [5.41, 5.74) is 1.34. The van der Waals surface area contributed by atoms with Crippen molar-refractivity contribution in [1.82, 2.24) is 5.32 Å². The maximum Gasteiger partial charge on any atom is 0.269 e. The first-order valence-corrected chi connectivity index (χ1v) is 6.81. The molecule has 0 aliphatic rings. The molecule has 2 N–H and O–H groups in total. The van der Waals surface area contributed by atoms with Crippen LogP contribution in [0.5, 0.6) is 11.5 Å². The minimum atomic E-state index is -0.510. The Morgan fingerprint density at radius 1 is 1.30 bits per heavy atom. The summed E-state index contributed by atoms with van der Waals surface area (Å²) in [6.07, 6.45) is 0. The number of hydrogen-bond donors (Lipinski definition) is 2. The normalized spacial score (nSPS) is 10.2. The zero-order chi connectivity index (χ0) is 17.0. The number of hydrogen-bond acceptors (Lipinski definition) is 5. The van der Waals surface area contributed by atoms with Crippen LogP contribution in [0.1, 0.15) is 21.5 Å². The molecule has 0 aromatic heterocycles. The summed E-state index contributed by atoms with van der Waals surface area (Å²) >= 11 is 0. The van der Waals surface area contributed by atoms with Gasteiger partial charge in [0.1, 0.15) is 11.5 Å². The van der Waals surface area contributed by atoms with Gasteiger partial charge in [-0.1, -0.05) is 0 Å². The van der Waals surface area contributed by atoms with Crippen molar-refractivity contribution < 1.29 is 19.6 Å². The molecule has 0 spiro atoms. The van der Waals surface area contributed by atoms with E-state index in [4.69, 9.17) is 4.74 Å². The molecule has 0 bridgehead atoms. The van der Waals surface area contributed by atoms with Crippen LogP contribution < -0.4 is 10.1 Å². The third kappa shape index (κ3) is 3.76. The maximum atomic E-state index is 12.2. The van der Waals surface area contributed by atoms with Gasteiger partial charge < -0.3 is 15.2 Å². The van der Waals surface area contributed by atoms with Crippen LogP contribution in [0, 0.1) is 17.0 Å². The van der Waals surface area contributed by atoms with E-state index in [-0.39, 0.29) is 23.9 Å². The van der Waals surface area contributed by atoms with Crippen molar-refractivity contribution in [2.24, 2.45) is 0 Å². The van der Waals surface area contributed by atoms with Crippen molar-refractivity contribution in [2.45, 2.75) is 13.5 Å². The van der Waals surface area contributed by atoms with Gasteiger partial charge in [-0.05, 0) is 30.7 Å². The van der Waals surface area contributed by atoms with Gasteiger partial charge in [0.2, 0.25) is 0 Å². The first-order valence-electron chi connectivity index (χ1n) is 6.81. The van der Waals surface area contributed by atoms with Crippen LogP contribution in [0.3, 0.4) is 0 Å². The second-order valence-corrected chi connectivity index (χ2v) is 4.93. The number of rotatable bonds is 5. The van der Waals surface area contributed by atoms with Gasteiger partial charge in [-0.2, -0.15) is 0 Å². The average molecular weight is 316 g/mol. The highest BCUT2D eigenvalue weighted by Gasteiger charge is 2.14. The average Bonchev–Trinajstić information content (AvgIpc) is 2.53. The van der Waals surface area contributed by atoms with Gasteiger partial charge in [-0.3, -0.25) is 14.9 Å². The predicted molar refractivity (Wildman–Crippen MR) is 83.7 cm³/mol. The molecule has 2 aromatic rings. The molecular formula is C16H16N2O5. The summed E-state index contributed by atoms with van der Waals surface area (Å²) in [5.74, 6) is 0.168. The van der Waals surface area contributed by atoms with E-state index in [0.717, 1.165) is 0 Å². The molecular weight excluding hydrogens is 300 g/mol. The molecule has 0 unspecified atom stereocenters. The van der Waals surface area contributed by atoms with E-state index < -0.39 is 4.92 Å². The molecule has 0 radical (unpaired) electrons. The zero-order valence-electron chi connectivity index (χ0n) is 12.7. The largest absolute Gasteiger partial charge is 0.507 e. The number of benzene rings is 2. The highest BCUT2D eigenvalue weighted by Crippen LogP contribution is 2.23. The Morgan fingerprint density at radius 2 is 2.04 bits per heavy atom. The molecule has 23 heavy (non-hydrogen) atoms. The predicted octanol–water partition coefficient (Wildman–Crippen LogP) is 2.55. The number of nitro groups is 1. The summed E-state index contributed by atoms with van der Waals surface area (Å²) < 4.78 is 4.99. The number of carbonyl (C=O) groups is 1. The van der Waals surface area contributed by atoms with Gasteiger partial charge in [-0.25, -0.2) is 0 Å². The molecule has 2 aromatic carbocycles. The smallest absolute Gasteiger partial charge is 0.269 e. The monoisotopic (exact) mass is 316 g/mol. The van der Waals surface area contributed by atoms with Crippen molar-refractivity contribution in [2.75, 3.05) is 7.11 Å². The lowest BCUT2D eigenvalue weighted by Gasteiger charge is -2.10. The first-order chi connectivity index (χ1) is 10.9. The molecule has 1 amide bonds. The van der Waals surface area contributed by atoms with Crippen LogP contribution in [0.25, 0.3) is 0 Å². The van der Waals surface area contributed by atoms with Crippen LogP contribution in [0.2, 0.25) is 0 Å². The molecule has 120 valence electrons. The molecule has 7 nitrogen and oxygen atoms in total. The summed E-state index contributed by atoms with van der Waals surface area (Å²) in [6, 6.07) is 8.83.